The van der Waals surface area contributed by atoms with Gasteiger partial charge in [0.25, 0.3) is 5.69 Å². The van der Waals surface area contributed by atoms with Gasteiger partial charge in [0.1, 0.15) is 0 Å². The number of benzene rings is 1. The molecule has 23 heavy (non-hydrogen) atoms. The van der Waals surface area contributed by atoms with Gasteiger partial charge in [-0.15, -0.1) is 0 Å². The summed E-state index contributed by atoms with van der Waals surface area (Å²) in [4.78, 5) is 18.3. The summed E-state index contributed by atoms with van der Waals surface area (Å²) in [6, 6.07) is 9.92. The molecule has 0 spiro atoms. The molecule has 1 aliphatic rings. The van der Waals surface area contributed by atoms with Crippen molar-refractivity contribution in [3.63, 3.8) is 0 Å². The van der Waals surface area contributed by atoms with E-state index in [1.165, 1.54) is 24.4 Å². The molecule has 1 aromatic carbocycles. The Morgan fingerprint density at radius 3 is 2.43 bits per heavy atom. The number of non-ortho nitro benzene ring substituents is 1. The van der Waals surface area contributed by atoms with E-state index in [-0.39, 0.29) is 5.69 Å². The van der Waals surface area contributed by atoms with Crippen LogP contribution >= 0.6 is 0 Å². The summed E-state index contributed by atoms with van der Waals surface area (Å²) < 4.78 is 13.2. The van der Waals surface area contributed by atoms with Crippen molar-refractivity contribution in [1.29, 1.82) is 0 Å². The minimum absolute atomic E-state index is 0.110. The maximum absolute atomic E-state index is 13.2. The quantitative estimate of drug-likeness (QED) is 0.492. The molecule has 0 unspecified atom stereocenters. The van der Waals surface area contributed by atoms with E-state index in [9.17, 15) is 14.5 Å². The Morgan fingerprint density at radius 1 is 1.13 bits per heavy atom. The predicted octanol–water partition coefficient (Wildman–Crippen LogP) is 2.45. The maximum Gasteiger partial charge on any atom is 0.269 e. The molecule has 0 atom stereocenters. The average Bonchev–Trinajstić information content (AvgIpc) is 2.56. The molecule has 7 heteroatoms. The van der Waals surface area contributed by atoms with Crippen molar-refractivity contribution in [2.45, 2.75) is 6.54 Å². The van der Waals surface area contributed by atoms with E-state index in [1.54, 1.807) is 12.1 Å². The number of nitro benzene ring substituents is 1. The summed E-state index contributed by atoms with van der Waals surface area (Å²) in [6.45, 7) is 4.12. The largest absolute Gasteiger partial charge is 0.369 e. The summed E-state index contributed by atoms with van der Waals surface area (Å²) in [5.74, 6) is -0.462. The van der Waals surface area contributed by atoms with Crippen molar-refractivity contribution >= 4 is 11.4 Å². The van der Waals surface area contributed by atoms with Crippen LogP contribution in [0.5, 0.6) is 0 Å². The Kier molecular flexibility index (Phi) is 4.47. The van der Waals surface area contributed by atoms with E-state index in [4.69, 9.17) is 0 Å². The van der Waals surface area contributed by atoms with Crippen LogP contribution in [0.25, 0.3) is 0 Å². The number of hydrogen-bond donors (Lipinski definition) is 0. The fourth-order valence-corrected chi connectivity index (χ4v) is 2.73. The molecular formula is C16H17FN4O2. The Morgan fingerprint density at radius 2 is 1.83 bits per heavy atom. The van der Waals surface area contributed by atoms with Gasteiger partial charge in [0.15, 0.2) is 0 Å². The molecule has 2 aromatic rings. The smallest absolute Gasteiger partial charge is 0.269 e. The van der Waals surface area contributed by atoms with Gasteiger partial charge in [-0.1, -0.05) is 12.1 Å². The van der Waals surface area contributed by atoms with Crippen LogP contribution in [0.2, 0.25) is 0 Å². The molecule has 3 rings (SSSR count). The lowest BCUT2D eigenvalue weighted by molar-refractivity contribution is -0.384. The lowest BCUT2D eigenvalue weighted by Gasteiger charge is -2.36. The molecule has 120 valence electrons. The number of anilines is 1. The molecule has 0 saturated carbocycles. The second kappa shape index (κ2) is 6.70. The standard InChI is InChI=1S/C16H17FN4O2/c17-16-11-15(5-6-18-16)20-9-7-19(8-10-20)12-13-1-3-14(4-2-13)21(22)23/h1-6,11H,7-10,12H2. The van der Waals surface area contributed by atoms with Gasteiger partial charge >= 0.3 is 0 Å². The minimum Gasteiger partial charge on any atom is -0.369 e. The summed E-state index contributed by atoms with van der Waals surface area (Å²) in [6.07, 6.45) is 1.48. The number of pyridine rings is 1. The Bertz CT molecular complexity index is 685. The highest BCUT2D eigenvalue weighted by Gasteiger charge is 2.18. The topological polar surface area (TPSA) is 62.5 Å². The third-order valence-electron chi connectivity index (χ3n) is 4.00. The molecule has 0 radical (unpaired) electrons. The van der Waals surface area contributed by atoms with Crippen LogP contribution in [0.15, 0.2) is 42.6 Å². The minimum atomic E-state index is -0.462. The molecule has 2 heterocycles. The highest BCUT2D eigenvalue weighted by atomic mass is 19.1. The average molecular weight is 316 g/mol. The van der Waals surface area contributed by atoms with E-state index in [0.29, 0.717) is 0 Å². The lowest BCUT2D eigenvalue weighted by atomic mass is 10.1. The third kappa shape index (κ3) is 3.81. The highest BCUT2D eigenvalue weighted by molar-refractivity contribution is 5.45. The summed E-state index contributed by atoms with van der Waals surface area (Å²) in [5.41, 5.74) is 2.02. The molecule has 6 nitrogen and oxygen atoms in total. The number of aromatic nitrogens is 1. The number of hydrogen-bond acceptors (Lipinski definition) is 5. The Labute approximate surface area is 133 Å². The van der Waals surface area contributed by atoms with Crippen molar-refractivity contribution in [2.75, 3.05) is 31.1 Å². The molecule has 1 saturated heterocycles. The summed E-state index contributed by atoms with van der Waals surface area (Å²) in [5, 5.41) is 10.7. The zero-order valence-electron chi connectivity index (χ0n) is 12.6. The lowest BCUT2D eigenvalue weighted by Crippen LogP contribution is -2.46. The first-order valence-corrected chi connectivity index (χ1v) is 7.44. The van der Waals surface area contributed by atoms with Crippen LogP contribution in [-0.4, -0.2) is 41.0 Å². The van der Waals surface area contributed by atoms with Gasteiger partial charge in [0.05, 0.1) is 4.92 Å². The molecule has 0 aliphatic carbocycles. The van der Waals surface area contributed by atoms with E-state index in [1.807, 2.05) is 6.07 Å². The number of nitro groups is 1. The van der Waals surface area contributed by atoms with Crippen molar-refractivity contribution < 1.29 is 9.31 Å². The SMILES string of the molecule is O=[N+]([O-])c1ccc(CN2CCN(c3ccnc(F)c3)CC2)cc1. The van der Waals surface area contributed by atoms with Gasteiger partial charge in [0, 0.05) is 62.8 Å². The summed E-state index contributed by atoms with van der Waals surface area (Å²) >= 11 is 0. The number of halogens is 1. The Hall–Kier alpha value is -2.54. The number of rotatable bonds is 4. The number of nitrogens with zero attached hydrogens (tertiary/aromatic N) is 4. The van der Waals surface area contributed by atoms with E-state index in [0.717, 1.165) is 44.0 Å². The fraction of sp³-hybridized carbons (Fsp3) is 0.312. The monoisotopic (exact) mass is 316 g/mol. The van der Waals surface area contributed by atoms with Gasteiger partial charge < -0.3 is 4.90 Å². The normalized spacial score (nSPS) is 15.6. The van der Waals surface area contributed by atoms with E-state index in [2.05, 4.69) is 14.8 Å². The highest BCUT2D eigenvalue weighted by Crippen LogP contribution is 2.18. The molecule has 0 N–H and O–H groups in total. The Balaban J connectivity index is 1.55. The van der Waals surface area contributed by atoms with Gasteiger partial charge in [-0.2, -0.15) is 4.39 Å². The van der Waals surface area contributed by atoms with Gasteiger partial charge in [0.2, 0.25) is 5.95 Å². The zero-order chi connectivity index (χ0) is 16.2. The first-order chi connectivity index (χ1) is 11.1. The third-order valence-corrected chi connectivity index (χ3v) is 4.00. The molecule has 1 fully saturated rings. The molecular weight excluding hydrogens is 299 g/mol. The predicted molar refractivity (Wildman–Crippen MR) is 84.8 cm³/mol. The van der Waals surface area contributed by atoms with Crippen LogP contribution in [0.4, 0.5) is 15.8 Å². The van der Waals surface area contributed by atoms with Crippen LogP contribution in [0.3, 0.4) is 0 Å². The van der Waals surface area contributed by atoms with Crippen molar-refractivity contribution in [2.24, 2.45) is 0 Å². The maximum atomic E-state index is 13.2. The van der Waals surface area contributed by atoms with Crippen LogP contribution < -0.4 is 4.90 Å². The van der Waals surface area contributed by atoms with E-state index >= 15 is 0 Å². The van der Waals surface area contributed by atoms with Gasteiger partial charge in [-0.3, -0.25) is 15.0 Å². The molecule has 0 amide bonds. The second-order valence-corrected chi connectivity index (χ2v) is 5.52. The van der Waals surface area contributed by atoms with E-state index < -0.39 is 10.9 Å². The zero-order valence-corrected chi connectivity index (χ0v) is 12.6. The molecule has 0 bridgehead atoms. The van der Waals surface area contributed by atoms with Crippen molar-refractivity contribution in [1.82, 2.24) is 9.88 Å². The first kappa shape index (κ1) is 15.4. The summed E-state index contributed by atoms with van der Waals surface area (Å²) in [7, 11) is 0. The van der Waals surface area contributed by atoms with Gasteiger partial charge in [-0.05, 0) is 11.6 Å². The fourth-order valence-electron chi connectivity index (χ4n) is 2.73. The second-order valence-electron chi connectivity index (χ2n) is 5.52. The van der Waals surface area contributed by atoms with Crippen LogP contribution in [-0.2, 0) is 6.54 Å². The van der Waals surface area contributed by atoms with Gasteiger partial charge in [-0.25, -0.2) is 4.98 Å². The first-order valence-electron chi connectivity index (χ1n) is 7.44. The van der Waals surface area contributed by atoms with Crippen molar-refractivity contribution in [3.05, 3.63) is 64.2 Å². The van der Waals surface area contributed by atoms with Crippen LogP contribution in [0.1, 0.15) is 5.56 Å². The number of piperazine rings is 1. The van der Waals surface area contributed by atoms with Crippen LogP contribution in [0, 0.1) is 16.1 Å². The molecule has 1 aliphatic heterocycles. The van der Waals surface area contributed by atoms with Crippen molar-refractivity contribution in [3.8, 4) is 0 Å². The molecule has 1 aromatic heterocycles.